The maximum atomic E-state index is 12.3. The van der Waals surface area contributed by atoms with Gasteiger partial charge in [-0.1, -0.05) is 19.1 Å². The van der Waals surface area contributed by atoms with Gasteiger partial charge in [0.1, 0.15) is 0 Å². The van der Waals surface area contributed by atoms with Gasteiger partial charge in [0.25, 0.3) is 5.91 Å². The Bertz CT molecular complexity index is 581. The Hall–Kier alpha value is -1.88. The summed E-state index contributed by atoms with van der Waals surface area (Å²) in [4.78, 5) is 25.8. The molecular formula is C17H22N2O3. The molecule has 0 saturated carbocycles. The summed E-state index contributed by atoms with van der Waals surface area (Å²) in [6.07, 6.45) is 1.57. The molecule has 0 radical (unpaired) electrons. The normalized spacial score (nSPS) is 19.9. The molecule has 1 N–H and O–H groups in total. The van der Waals surface area contributed by atoms with Gasteiger partial charge in [-0.3, -0.25) is 9.59 Å². The Morgan fingerprint density at radius 1 is 1.41 bits per heavy atom. The Morgan fingerprint density at radius 2 is 2.23 bits per heavy atom. The van der Waals surface area contributed by atoms with E-state index in [0.717, 1.165) is 18.5 Å². The molecule has 3 rings (SSSR count). The molecule has 1 aromatic rings. The maximum absolute atomic E-state index is 12.3. The van der Waals surface area contributed by atoms with Crippen LogP contribution in [0.15, 0.2) is 24.3 Å². The van der Waals surface area contributed by atoms with Gasteiger partial charge in [-0.2, -0.15) is 0 Å². The predicted molar refractivity (Wildman–Crippen MR) is 82.4 cm³/mol. The average Bonchev–Trinajstić information content (AvgIpc) is 2.88. The monoisotopic (exact) mass is 302 g/mol. The van der Waals surface area contributed by atoms with E-state index in [-0.39, 0.29) is 17.2 Å². The van der Waals surface area contributed by atoms with Gasteiger partial charge in [0.05, 0.1) is 13.2 Å². The van der Waals surface area contributed by atoms with Crippen molar-refractivity contribution in [2.24, 2.45) is 5.41 Å². The molecule has 2 aliphatic heterocycles. The van der Waals surface area contributed by atoms with Crippen LogP contribution in [0.2, 0.25) is 0 Å². The van der Waals surface area contributed by atoms with E-state index in [1.54, 1.807) is 0 Å². The Balaban J connectivity index is 1.60. The lowest BCUT2D eigenvalue weighted by Gasteiger charge is -2.38. The Labute approximate surface area is 130 Å². The molecule has 2 saturated heterocycles. The summed E-state index contributed by atoms with van der Waals surface area (Å²) in [5.74, 6) is 0.135. The molecule has 22 heavy (non-hydrogen) atoms. The zero-order chi connectivity index (χ0) is 15.6. The summed E-state index contributed by atoms with van der Waals surface area (Å²) in [7, 11) is 0. The minimum absolute atomic E-state index is 0.0647. The maximum Gasteiger partial charge on any atom is 0.251 e. The number of rotatable bonds is 5. The second kappa shape index (κ2) is 6.08. The first-order chi connectivity index (χ1) is 10.6. The van der Waals surface area contributed by atoms with Crippen molar-refractivity contribution >= 4 is 11.8 Å². The Morgan fingerprint density at radius 3 is 2.86 bits per heavy atom. The van der Waals surface area contributed by atoms with Gasteiger partial charge >= 0.3 is 0 Å². The smallest absolute Gasteiger partial charge is 0.251 e. The average molecular weight is 302 g/mol. The van der Waals surface area contributed by atoms with Crippen LogP contribution in [0.1, 0.15) is 35.7 Å². The van der Waals surface area contributed by atoms with Crippen LogP contribution in [-0.4, -0.2) is 43.0 Å². The Kier molecular flexibility index (Phi) is 4.16. The van der Waals surface area contributed by atoms with E-state index in [0.29, 0.717) is 38.3 Å². The molecule has 5 heteroatoms. The lowest BCUT2D eigenvalue weighted by Crippen LogP contribution is -2.48. The molecule has 0 unspecified atom stereocenters. The molecule has 118 valence electrons. The SMILES string of the molecule is CC1(CNC(=O)c2cccc(CN3CCCC3=O)c2)COC1. The first kappa shape index (κ1) is 15.0. The number of ether oxygens (including phenoxy) is 1. The van der Waals surface area contributed by atoms with Crippen molar-refractivity contribution in [3.63, 3.8) is 0 Å². The van der Waals surface area contributed by atoms with Gasteiger partial charge in [-0.15, -0.1) is 0 Å². The van der Waals surface area contributed by atoms with Crippen LogP contribution in [0.4, 0.5) is 0 Å². The number of nitrogens with one attached hydrogen (secondary N) is 1. The highest BCUT2D eigenvalue weighted by Gasteiger charge is 2.33. The fraction of sp³-hybridized carbons (Fsp3) is 0.529. The zero-order valence-electron chi connectivity index (χ0n) is 12.9. The summed E-state index contributed by atoms with van der Waals surface area (Å²) in [6, 6.07) is 7.52. The molecule has 2 heterocycles. The molecule has 1 aromatic carbocycles. The van der Waals surface area contributed by atoms with Crippen LogP contribution in [0, 0.1) is 5.41 Å². The summed E-state index contributed by atoms with van der Waals surface area (Å²) in [5, 5.41) is 2.97. The molecular weight excluding hydrogens is 280 g/mol. The number of nitrogens with zero attached hydrogens (tertiary/aromatic N) is 1. The van der Waals surface area contributed by atoms with Crippen LogP contribution in [0.5, 0.6) is 0 Å². The number of benzene rings is 1. The van der Waals surface area contributed by atoms with Crippen LogP contribution in [0.25, 0.3) is 0 Å². The quantitative estimate of drug-likeness (QED) is 0.898. The first-order valence-corrected chi connectivity index (χ1v) is 7.78. The molecule has 0 atom stereocenters. The van der Waals surface area contributed by atoms with Gasteiger partial charge in [-0.05, 0) is 24.1 Å². The van der Waals surface area contributed by atoms with Crippen molar-refractivity contribution < 1.29 is 14.3 Å². The van der Waals surface area contributed by atoms with E-state index in [1.165, 1.54) is 0 Å². The van der Waals surface area contributed by atoms with Gasteiger partial charge in [0, 0.05) is 37.0 Å². The van der Waals surface area contributed by atoms with Gasteiger partial charge < -0.3 is 15.0 Å². The predicted octanol–water partition coefficient (Wildman–Crippen LogP) is 1.58. The number of carbonyl (C=O) groups is 2. The van der Waals surface area contributed by atoms with Crippen LogP contribution in [-0.2, 0) is 16.1 Å². The van der Waals surface area contributed by atoms with Gasteiger partial charge in [-0.25, -0.2) is 0 Å². The summed E-state index contributed by atoms with van der Waals surface area (Å²) in [6.45, 7) is 5.53. The van der Waals surface area contributed by atoms with E-state index in [4.69, 9.17) is 4.74 Å². The molecule has 0 spiro atoms. The van der Waals surface area contributed by atoms with Crippen molar-refractivity contribution in [1.29, 1.82) is 0 Å². The molecule has 2 fully saturated rings. The fourth-order valence-corrected chi connectivity index (χ4v) is 2.85. The second-order valence-electron chi connectivity index (χ2n) is 6.61. The molecule has 0 aromatic heterocycles. The second-order valence-corrected chi connectivity index (χ2v) is 6.61. The van der Waals surface area contributed by atoms with Gasteiger partial charge in [0.15, 0.2) is 0 Å². The van der Waals surface area contributed by atoms with E-state index >= 15 is 0 Å². The number of carbonyl (C=O) groups excluding carboxylic acids is 2. The summed E-state index contributed by atoms with van der Waals surface area (Å²) < 4.78 is 5.19. The van der Waals surface area contributed by atoms with E-state index in [9.17, 15) is 9.59 Å². The third kappa shape index (κ3) is 3.30. The topological polar surface area (TPSA) is 58.6 Å². The highest BCUT2D eigenvalue weighted by Crippen LogP contribution is 2.25. The standard InChI is InChI=1S/C17H22N2O3/c1-17(11-22-12-17)10-18-16(21)14-5-2-4-13(8-14)9-19-7-3-6-15(19)20/h2,4-5,8H,3,6-7,9-12H2,1H3,(H,18,21). The molecule has 0 aliphatic carbocycles. The van der Waals surface area contributed by atoms with Crippen molar-refractivity contribution in [3.05, 3.63) is 35.4 Å². The largest absolute Gasteiger partial charge is 0.380 e. The van der Waals surface area contributed by atoms with E-state index < -0.39 is 0 Å². The number of likely N-dealkylation sites (tertiary alicyclic amines) is 1. The van der Waals surface area contributed by atoms with Crippen molar-refractivity contribution in [2.45, 2.75) is 26.3 Å². The highest BCUT2D eigenvalue weighted by atomic mass is 16.5. The lowest BCUT2D eigenvalue weighted by atomic mass is 9.88. The van der Waals surface area contributed by atoms with E-state index in [2.05, 4.69) is 12.2 Å². The van der Waals surface area contributed by atoms with Crippen molar-refractivity contribution in [3.8, 4) is 0 Å². The zero-order valence-corrected chi connectivity index (χ0v) is 12.9. The minimum Gasteiger partial charge on any atom is -0.380 e. The lowest BCUT2D eigenvalue weighted by molar-refractivity contribution is -0.128. The minimum atomic E-state index is -0.0669. The number of hydrogen-bond acceptors (Lipinski definition) is 3. The molecule has 2 aliphatic rings. The fourth-order valence-electron chi connectivity index (χ4n) is 2.85. The third-order valence-electron chi connectivity index (χ3n) is 4.31. The van der Waals surface area contributed by atoms with Crippen molar-refractivity contribution in [1.82, 2.24) is 10.2 Å². The number of hydrogen-bond donors (Lipinski definition) is 1. The molecule has 0 bridgehead atoms. The van der Waals surface area contributed by atoms with Crippen LogP contribution in [0.3, 0.4) is 0 Å². The highest BCUT2D eigenvalue weighted by molar-refractivity contribution is 5.94. The van der Waals surface area contributed by atoms with Crippen LogP contribution >= 0.6 is 0 Å². The van der Waals surface area contributed by atoms with Crippen LogP contribution < -0.4 is 5.32 Å². The van der Waals surface area contributed by atoms with Gasteiger partial charge in [0.2, 0.25) is 5.91 Å². The first-order valence-electron chi connectivity index (χ1n) is 7.78. The molecule has 2 amide bonds. The summed E-state index contributed by atoms with van der Waals surface area (Å²) in [5.41, 5.74) is 1.71. The van der Waals surface area contributed by atoms with E-state index in [1.807, 2.05) is 29.2 Å². The summed E-state index contributed by atoms with van der Waals surface area (Å²) >= 11 is 0. The van der Waals surface area contributed by atoms with Crippen molar-refractivity contribution in [2.75, 3.05) is 26.3 Å². The number of amides is 2. The molecule has 5 nitrogen and oxygen atoms in total. The third-order valence-corrected chi connectivity index (χ3v) is 4.31.